The van der Waals surface area contributed by atoms with Gasteiger partial charge in [-0.15, -0.1) is 0 Å². The van der Waals surface area contributed by atoms with Crippen LogP contribution in [0, 0.1) is 11.6 Å². The summed E-state index contributed by atoms with van der Waals surface area (Å²) in [6.07, 6.45) is 1.06. The van der Waals surface area contributed by atoms with E-state index in [4.69, 9.17) is 0 Å². The van der Waals surface area contributed by atoms with E-state index in [1.54, 1.807) is 0 Å². The highest BCUT2D eigenvalue weighted by Gasteiger charge is 2.26. The maximum absolute atomic E-state index is 13.1. The molecule has 3 amide bonds. The molecule has 0 aliphatic carbocycles. The SMILES string of the molecule is CC(NC(=O)Cc1cc(F)cc(F)c1)C(=O)NC1CCCNC1=O. The summed E-state index contributed by atoms with van der Waals surface area (Å²) >= 11 is 0. The quantitative estimate of drug-likeness (QED) is 0.726. The van der Waals surface area contributed by atoms with Gasteiger partial charge in [0.05, 0.1) is 6.42 Å². The number of rotatable bonds is 5. The zero-order valence-corrected chi connectivity index (χ0v) is 13.2. The summed E-state index contributed by atoms with van der Waals surface area (Å²) in [5, 5.41) is 7.66. The Hall–Kier alpha value is -2.51. The Kier molecular flexibility index (Phi) is 5.83. The molecule has 1 aliphatic heterocycles. The second-order valence-electron chi connectivity index (χ2n) is 5.74. The molecule has 1 aromatic carbocycles. The van der Waals surface area contributed by atoms with Gasteiger partial charge in [-0.05, 0) is 37.5 Å². The van der Waals surface area contributed by atoms with Crippen molar-refractivity contribution in [2.24, 2.45) is 0 Å². The Labute approximate surface area is 138 Å². The maximum Gasteiger partial charge on any atom is 0.242 e. The van der Waals surface area contributed by atoms with Crippen molar-refractivity contribution < 1.29 is 23.2 Å². The van der Waals surface area contributed by atoms with E-state index in [9.17, 15) is 23.2 Å². The van der Waals surface area contributed by atoms with Gasteiger partial charge < -0.3 is 16.0 Å². The number of benzene rings is 1. The number of halogens is 2. The van der Waals surface area contributed by atoms with E-state index < -0.39 is 35.5 Å². The number of carbonyl (C=O) groups excluding carboxylic acids is 3. The lowest BCUT2D eigenvalue weighted by atomic mass is 10.1. The van der Waals surface area contributed by atoms with Crippen molar-refractivity contribution >= 4 is 17.7 Å². The van der Waals surface area contributed by atoms with Gasteiger partial charge in [-0.2, -0.15) is 0 Å². The molecule has 1 saturated heterocycles. The van der Waals surface area contributed by atoms with E-state index in [0.29, 0.717) is 19.0 Å². The minimum absolute atomic E-state index is 0.171. The predicted octanol–water partition coefficient (Wildman–Crippen LogP) is 0.407. The lowest BCUT2D eigenvalue weighted by molar-refractivity contribution is -0.132. The first-order valence-corrected chi connectivity index (χ1v) is 7.67. The van der Waals surface area contributed by atoms with E-state index >= 15 is 0 Å². The molecule has 6 nitrogen and oxygen atoms in total. The first-order valence-electron chi connectivity index (χ1n) is 7.67. The fourth-order valence-electron chi connectivity index (χ4n) is 2.46. The molecule has 2 rings (SSSR count). The number of carbonyl (C=O) groups is 3. The van der Waals surface area contributed by atoms with Crippen molar-refractivity contribution in [2.75, 3.05) is 6.54 Å². The van der Waals surface area contributed by atoms with Gasteiger partial charge in [-0.1, -0.05) is 0 Å². The van der Waals surface area contributed by atoms with E-state index in [1.165, 1.54) is 6.92 Å². The van der Waals surface area contributed by atoms with E-state index in [-0.39, 0.29) is 17.9 Å². The summed E-state index contributed by atoms with van der Waals surface area (Å²) in [7, 11) is 0. The molecule has 2 unspecified atom stereocenters. The molecule has 0 saturated carbocycles. The molecule has 1 aromatic rings. The Bertz CT molecular complexity index is 631. The number of piperidine rings is 1. The minimum Gasteiger partial charge on any atom is -0.354 e. The number of nitrogens with one attached hydrogen (secondary N) is 3. The highest BCUT2D eigenvalue weighted by Crippen LogP contribution is 2.09. The normalized spacial score (nSPS) is 18.5. The molecule has 0 bridgehead atoms. The van der Waals surface area contributed by atoms with Gasteiger partial charge >= 0.3 is 0 Å². The van der Waals surface area contributed by atoms with Crippen LogP contribution in [-0.2, 0) is 20.8 Å². The Morgan fingerprint density at radius 2 is 1.96 bits per heavy atom. The zero-order chi connectivity index (χ0) is 17.7. The lowest BCUT2D eigenvalue weighted by Gasteiger charge is -2.24. The number of amides is 3. The van der Waals surface area contributed by atoms with Crippen molar-refractivity contribution in [1.82, 2.24) is 16.0 Å². The van der Waals surface area contributed by atoms with Crippen molar-refractivity contribution in [1.29, 1.82) is 0 Å². The summed E-state index contributed by atoms with van der Waals surface area (Å²) in [6, 6.07) is 1.35. The van der Waals surface area contributed by atoms with Crippen LogP contribution in [0.1, 0.15) is 25.3 Å². The highest BCUT2D eigenvalue weighted by atomic mass is 19.1. The van der Waals surface area contributed by atoms with Crippen LogP contribution in [0.2, 0.25) is 0 Å². The molecule has 0 radical (unpaired) electrons. The molecule has 1 fully saturated rings. The minimum atomic E-state index is -0.870. The van der Waals surface area contributed by atoms with Crippen LogP contribution >= 0.6 is 0 Å². The predicted molar refractivity (Wildman–Crippen MR) is 81.8 cm³/mol. The topological polar surface area (TPSA) is 87.3 Å². The lowest BCUT2D eigenvalue weighted by Crippen LogP contribution is -2.54. The van der Waals surface area contributed by atoms with Crippen molar-refractivity contribution in [3.8, 4) is 0 Å². The van der Waals surface area contributed by atoms with Crippen LogP contribution in [0.5, 0.6) is 0 Å². The molecular formula is C16H19F2N3O3. The molecule has 0 spiro atoms. The summed E-state index contributed by atoms with van der Waals surface area (Å²) in [6.45, 7) is 2.06. The van der Waals surface area contributed by atoms with Crippen LogP contribution in [0.3, 0.4) is 0 Å². The summed E-state index contributed by atoms with van der Waals surface area (Å²) in [4.78, 5) is 35.5. The molecule has 8 heteroatoms. The van der Waals surface area contributed by atoms with Crippen LogP contribution < -0.4 is 16.0 Å². The third-order valence-electron chi connectivity index (χ3n) is 3.66. The average Bonchev–Trinajstić information content (AvgIpc) is 2.48. The Morgan fingerprint density at radius 1 is 1.29 bits per heavy atom. The van der Waals surface area contributed by atoms with E-state index in [1.807, 2.05) is 0 Å². The van der Waals surface area contributed by atoms with Gasteiger partial charge in [0, 0.05) is 12.6 Å². The monoisotopic (exact) mass is 339 g/mol. The molecule has 0 aromatic heterocycles. The molecule has 2 atom stereocenters. The molecule has 130 valence electrons. The Morgan fingerprint density at radius 3 is 2.58 bits per heavy atom. The van der Waals surface area contributed by atoms with Gasteiger partial charge in [0.25, 0.3) is 0 Å². The van der Waals surface area contributed by atoms with E-state index in [0.717, 1.165) is 18.6 Å². The molecule has 1 heterocycles. The fraction of sp³-hybridized carbons (Fsp3) is 0.438. The molecular weight excluding hydrogens is 320 g/mol. The maximum atomic E-state index is 13.1. The largest absolute Gasteiger partial charge is 0.354 e. The summed E-state index contributed by atoms with van der Waals surface area (Å²) < 4.78 is 26.2. The fourth-order valence-corrected chi connectivity index (χ4v) is 2.46. The van der Waals surface area contributed by atoms with Crippen molar-refractivity contribution in [3.05, 3.63) is 35.4 Å². The van der Waals surface area contributed by atoms with E-state index in [2.05, 4.69) is 16.0 Å². The zero-order valence-electron chi connectivity index (χ0n) is 13.2. The van der Waals surface area contributed by atoms with Crippen LogP contribution in [0.25, 0.3) is 0 Å². The number of hydrogen-bond donors (Lipinski definition) is 3. The second kappa shape index (κ2) is 7.85. The van der Waals surface area contributed by atoms with Crippen LogP contribution in [-0.4, -0.2) is 36.3 Å². The van der Waals surface area contributed by atoms with Gasteiger partial charge in [0.2, 0.25) is 17.7 Å². The first-order chi connectivity index (χ1) is 11.3. The van der Waals surface area contributed by atoms with Gasteiger partial charge in [0.1, 0.15) is 23.7 Å². The van der Waals surface area contributed by atoms with Gasteiger partial charge in [0.15, 0.2) is 0 Å². The van der Waals surface area contributed by atoms with Gasteiger partial charge in [-0.3, -0.25) is 14.4 Å². The first kappa shape index (κ1) is 17.8. The highest BCUT2D eigenvalue weighted by molar-refractivity contribution is 5.92. The van der Waals surface area contributed by atoms with Gasteiger partial charge in [-0.25, -0.2) is 8.78 Å². The number of hydrogen-bond acceptors (Lipinski definition) is 3. The molecule has 3 N–H and O–H groups in total. The molecule has 1 aliphatic rings. The standard InChI is InChI=1S/C16H19F2N3O3/c1-9(15(23)21-13-3-2-4-19-16(13)24)20-14(22)7-10-5-11(17)8-12(18)6-10/h5-6,8-9,13H,2-4,7H2,1H3,(H,19,24)(H,20,22)(H,21,23). The second-order valence-corrected chi connectivity index (χ2v) is 5.74. The average molecular weight is 339 g/mol. The van der Waals surface area contributed by atoms with Crippen molar-refractivity contribution in [2.45, 2.75) is 38.3 Å². The van der Waals surface area contributed by atoms with Crippen LogP contribution in [0.4, 0.5) is 8.78 Å². The molecule has 24 heavy (non-hydrogen) atoms. The Balaban J connectivity index is 1.86. The summed E-state index contributed by atoms with van der Waals surface area (Å²) in [5.74, 6) is -2.83. The van der Waals surface area contributed by atoms with Crippen molar-refractivity contribution in [3.63, 3.8) is 0 Å². The third kappa shape index (κ3) is 5.00. The third-order valence-corrected chi connectivity index (χ3v) is 3.66. The summed E-state index contributed by atoms with van der Waals surface area (Å²) in [5.41, 5.74) is 0.171. The van der Waals surface area contributed by atoms with Crippen LogP contribution in [0.15, 0.2) is 18.2 Å². The smallest absolute Gasteiger partial charge is 0.242 e.